The number of carbonyl (C=O) groups excluding carboxylic acids is 2. The predicted octanol–water partition coefficient (Wildman–Crippen LogP) is 3.37. The Morgan fingerprint density at radius 1 is 0.875 bits per heavy atom. The van der Waals surface area contributed by atoms with E-state index < -0.39 is 11.9 Å². The minimum absolute atomic E-state index is 0.00761. The molecule has 164 valence electrons. The molecule has 0 saturated carbocycles. The van der Waals surface area contributed by atoms with Crippen LogP contribution in [0.15, 0.2) is 82.4 Å². The molecular formula is C23H20BrN3O5. The van der Waals surface area contributed by atoms with Gasteiger partial charge < -0.3 is 25.8 Å². The number of primary amides is 1. The molecule has 0 aliphatic heterocycles. The second-order valence-electron chi connectivity index (χ2n) is 6.55. The topological polar surface area (TPSA) is 126 Å². The standard InChI is InChI=1S/C23H20BrN3O5/c24-19-6-1-2-7-20(19)31-13-15-4-3-5-17(12-15)23(29)32-27-22(26)16-8-10-18(11-9-16)30-14-21(25)28/h1-12H,13-14H2,(H2,25,28)(H2,26,27). The van der Waals surface area contributed by atoms with Crippen molar-refractivity contribution in [3.8, 4) is 11.5 Å². The van der Waals surface area contributed by atoms with Crippen LogP contribution in [0.1, 0.15) is 21.5 Å². The fraction of sp³-hybridized carbons (Fsp3) is 0.0870. The van der Waals surface area contributed by atoms with Gasteiger partial charge >= 0.3 is 5.97 Å². The van der Waals surface area contributed by atoms with Gasteiger partial charge in [-0.2, -0.15) is 0 Å². The van der Waals surface area contributed by atoms with E-state index in [2.05, 4.69) is 21.1 Å². The Hall–Kier alpha value is -3.85. The van der Waals surface area contributed by atoms with E-state index in [1.807, 2.05) is 30.3 Å². The molecule has 0 saturated heterocycles. The Bertz CT molecular complexity index is 1130. The highest BCUT2D eigenvalue weighted by atomic mass is 79.9. The third kappa shape index (κ3) is 6.58. The maximum Gasteiger partial charge on any atom is 0.365 e. The number of hydrogen-bond donors (Lipinski definition) is 2. The number of halogens is 1. The lowest BCUT2D eigenvalue weighted by atomic mass is 10.1. The first-order valence-corrected chi connectivity index (χ1v) is 10.2. The van der Waals surface area contributed by atoms with Crippen molar-refractivity contribution in [2.24, 2.45) is 16.6 Å². The monoisotopic (exact) mass is 497 g/mol. The normalized spacial score (nSPS) is 11.0. The van der Waals surface area contributed by atoms with Crippen molar-refractivity contribution in [1.29, 1.82) is 0 Å². The average Bonchev–Trinajstić information content (AvgIpc) is 2.81. The van der Waals surface area contributed by atoms with Gasteiger partial charge in [-0.3, -0.25) is 4.79 Å². The van der Waals surface area contributed by atoms with E-state index in [-0.39, 0.29) is 19.0 Å². The quantitative estimate of drug-likeness (QED) is 0.202. The fourth-order valence-electron chi connectivity index (χ4n) is 2.58. The van der Waals surface area contributed by atoms with Crippen LogP contribution in [0.4, 0.5) is 0 Å². The summed E-state index contributed by atoms with van der Waals surface area (Å²) >= 11 is 3.43. The molecule has 0 radical (unpaired) electrons. The molecule has 0 spiro atoms. The van der Waals surface area contributed by atoms with Crippen molar-refractivity contribution in [1.82, 2.24) is 0 Å². The lowest BCUT2D eigenvalue weighted by molar-refractivity contribution is -0.119. The molecule has 0 heterocycles. The summed E-state index contributed by atoms with van der Waals surface area (Å²) < 4.78 is 11.8. The van der Waals surface area contributed by atoms with Crippen molar-refractivity contribution >= 4 is 33.6 Å². The molecule has 0 fully saturated rings. The first-order valence-electron chi connectivity index (χ1n) is 9.45. The van der Waals surface area contributed by atoms with Crippen molar-refractivity contribution in [3.63, 3.8) is 0 Å². The van der Waals surface area contributed by atoms with Crippen LogP contribution in [0.5, 0.6) is 11.5 Å². The minimum Gasteiger partial charge on any atom is -0.488 e. The zero-order chi connectivity index (χ0) is 22.9. The van der Waals surface area contributed by atoms with Crippen molar-refractivity contribution in [2.45, 2.75) is 6.61 Å². The number of para-hydroxylation sites is 1. The molecule has 0 aliphatic carbocycles. The molecule has 0 atom stereocenters. The molecule has 0 aliphatic rings. The van der Waals surface area contributed by atoms with Gasteiger partial charge in [-0.15, -0.1) is 0 Å². The van der Waals surface area contributed by atoms with Gasteiger partial charge in [-0.25, -0.2) is 4.79 Å². The summed E-state index contributed by atoms with van der Waals surface area (Å²) in [5.74, 6) is -0.0845. The van der Waals surface area contributed by atoms with Crippen LogP contribution in [0, 0.1) is 0 Å². The number of oxime groups is 1. The number of nitrogens with two attached hydrogens (primary N) is 2. The summed E-state index contributed by atoms with van der Waals surface area (Å²) in [6, 6.07) is 20.8. The highest BCUT2D eigenvalue weighted by Gasteiger charge is 2.10. The van der Waals surface area contributed by atoms with Crippen LogP contribution >= 0.6 is 15.9 Å². The summed E-state index contributed by atoms with van der Waals surface area (Å²) in [6.45, 7) is 0.0482. The van der Waals surface area contributed by atoms with Gasteiger partial charge in [0.2, 0.25) is 0 Å². The van der Waals surface area contributed by atoms with E-state index in [1.54, 1.807) is 42.5 Å². The third-order valence-corrected chi connectivity index (χ3v) is 4.81. The van der Waals surface area contributed by atoms with Gasteiger partial charge in [-0.05, 0) is 70.0 Å². The van der Waals surface area contributed by atoms with Crippen molar-refractivity contribution < 1.29 is 23.9 Å². The maximum atomic E-state index is 12.4. The van der Waals surface area contributed by atoms with Gasteiger partial charge in [0.15, 0.2) is 12.4 Å². The molecule has 3 aromatic rings. The Balaban J connectivity index is 1.59. The predicted molar refractivity (Wildman–Crippen MR) is 122 cm³/mol. The van der Waals surface area contributed by atoms with Gasteiger partial charge in [0.1, 0.15) is 18.1 Å². The summed E-state index contributed by atoms with van der Waals surface area (Å²) in [6.07, 6.45) is 0. The third-order valence-electron chi connectivity index (χ3n) is 4.15. The average molecular weight is 498 g/mol. The summed E-state index contributed by atoms with van der Waals surface area (Å²) in [5, 5.41) is 3.70. The Labute approximate surface area is 192 Å². The molecule has 32 heavy (non-hydrogen) atoms. The lowest BCUT2D eigenvalue weighted by Crippen LogP contribution is -2.20. The van der Waals surface area contributed by atoms with E-state index in [0.29, 0.717) is 22.6 Å². The van der Waals surface area contributed by atoms with Gasteiger partial charge in [-0.1, -0.05) is 29.4 Å². The van der Waals surface area contributed by atoms with Gasteiger partial charge in [0.25, 0.3) is 5.91 Å². The van der Waals surface area contributed by atoms with Gasteiger partial charge in [0, 0.05) is 5.56 Å². The highest BCUT2D eigenvalue weighted by molar-refractivity contribution is 9.10. The van der Waals surface area contributed by atoms with Crippen molar-refractivity contribution in [3.05, 3.63) is 94.0 Å². The highest BCUT2D eigenvalue weighted by Crippen LogP contribution is 2.24. The molecule has 1 amide bonds. The number of carbonyl (C=O) groups is 2. The zero-order valence-corrected chi connectivity index (χ0v) is 18.4. The fourth-order valence-corrected chi connectivity index (χ4v) is 2.98. The Kier molecular flexibility index (Phi) is 7.82. The number of rotatable bonds is 9. The van der Waals surface area contributed by atoms with E-state index in [1.165, 1.54) is 0 Å². The van der Waals surface area contributed by atoms with E-state index in [9.17, 15) is 9.59 Å². The second-order valence-corrected chi connectivity index (χ2v) is 7.41. The van der Waals surface area contributed by atoms with E-state index >= 15 is 0 Å². The summed E-state index contributed by atoms with van der Waals surface area (Å²) in [5.41, 5.74) is 12.5. The number of benzene rings is 3. The Morgan fingerprint density at radius 3 is 2.34 bits per heavy atom. The first-order chi connectivity index (χ1) is 15.4. The number of amides is 1. The lowest BCUT2D eigenvalue weighted by Gasteiger charge is -2.09. The molecule has 8 nitrogen and oxygen atoms in total. The van der Waals surface area contributed by atoms with Crippen LogP contribution in [0.3, 0.4) is 0 Å². The van der Waals surface area contributed by atoms with Crippen LogP contribution in [0.2, 0.25) is 0 Å². The minimum atomic E-state index is -0.655. The molecule has 4 N–H and O–H groups in total. The van der Waals surface area contributed by atoms with Crippen LogP contribution in [-0.4, -0.2) is 24.3 Å². The summed E-state index contributed by atoms with van der Waals surface area (Å²) in [7, 11) is 0. The molecular weight excluding hydrogens is 478 g/mol. The molecule has 0 unspecified atom stereocenters. The van der Waals surface area contributed by atoms with Gasteiger partial charge in [0.05, 0.1) is 10.0 Å². The van der Waals surface area contributed by atoms with E-state index in [0.717, 1.165) is 10.0 Å². The molecule has 0 bridgehead atoms. The molecule has 3 rings (SSSR count). The van der Waals surface area contributed by atoms with Crippen molar-refractivity contribution in [2.75, 3.05) is 6.61 Å². The number of hydrogen-bond acceptors (Lipinski definition) is 6. The first kappa shape index (κ1) is 22.8. The molecule has 3 aromatic carbocycles. The number of ether oxygens (including phenoxy) is 2. The number of nitrogens with zero attached hydrogens (tertiary/aromatic N) is 1. The van der Waals surface area contributed by atoms with Crippen LogP contribution < -0.4 is 20.9 Å². The van der Waals surface area contributed by atoms with Crippen LogP contribution in [-0.2, 0) is 16.2 Å². The summed E-state index contributed by atoms with van der Waals surface area (Å²) in [4.78, 5) is 28.1. The zero-order valence-electron chi connectivity index (χ0n) is 16.9. The maximum absolute atomic E-state index is 12.4. The largest absolute Gasteiger partial charge is 0.488 e. The SMILES string of the molecule is NC(=O)COc1ccc(/C(N)=N/OC(=O)c2cccc(COc3ccccc3Br)c2)cc1. The van der Waals surface area contributed by atoms with E-state index in [4.69, 9.17) is 25.8 Å². The molecule has 0 aromatic heterocycles. The smallest absolute Gasteiger partial charge is 0.365 e. The second kappa shape index (κ2) is 11.0. The number of amidine groups is 1. The molecule has 9 heteroatoms. The van der Waals surface area contributed by atoms with Crippen LogP contribution in [0.25, 0.3) is 0 Å². The Morgan fingerprint density at radius 2 is 1.62 bits per heavy atom.